The second-order valence-corrected chi connectivity index (χ2v) is 4.68. The molecule has 0 aliphatic heterocycles. The number of aromatic nitrogens is 2. The van der Waals surface area contributed by atoms with Gasteiger partial charge in [-0.2, -0.15) is 0 Å². The molecule has 1 unspecified atom stereocenters. The number of rotatable bonds is 7. The van der Waals surface area contributed by atoms with Gasteiger partial charge in [0, 0.05) is 6.07 Å². The number of ether oxygens (including phenoxy) is 1. The predicted octanol–water partition coefficient (Wildman–Crippen LogP) is 2.07. The first-order valence-electron chi connectivity index (χ1n) is 6.51. The van der Waals surface area contributed by atoms with Crippen LogP contribution in [0.2, 0.25) is 0 Å². The molecule has 11 nitrogen and oxygen atoms in total. The van der Waals surface area contributed by atoms with Gasteiger partial charge < -0.3 is 10.1 Å². The zero-order valence-corrected chi connectivity index (χ0v) is 12.3. The van der Waals surface area contributed by atoms with Gasteiger partial charge in [0.25, 0.3) is 17.3 Å². The monoisotopic (exact) mass is 323 g/mol. The minimum absolute atomic E-state index is 0.158. The number of nitrogens with one attached hydrogen (secondary N) is 1. The van der Waals surface area contributed by atoms with E-state index in [2.05, 4.69) is 20.3 Å². The smallest absolute Gasteiger partial charge is 0.299 e. The highest BCUT2D eigenvalue weighted by atomic mass is 16.6. The van der Waals surface area contributed by atoms with Gasteiger partial charge in [0.1, 0.15) is 17.5 Å². The van der Waals surface area contributed by atoms with E-state index >= 15 is 0 Å². The van der Waals surface area contributed by atoms with E-state index in [4.69, 9.17) is 4.74 Å². The zero-order chi connectivity index (χ0) is 17.0. The Morgan fingerprint density at radius 2 is 2.04 bits per heavy atom. The second-order valence-electron chi connectivity index (χ2n) is 4.68. The minimum atomic E-state index is -0.692. The van der Waals surface area contributed by atoms with E-state index in [-0.39, 0.29) is 29.5 Å². The number of nitro benzene ring substituents is 2. The lowest BCUT2D eigenvalue weighted by atomic mass is 10.2. The quantitative estimate of drug-likeness (QED) is 0.597. The Balaban J connectivity index is 2.06. The van der Waals surface area contributed by atoms with Crippen molar-refractivity contribution >= 4 is 17.1 Å². The highest BCUT2D eigenvalue weighted by Gasteiger charge is 2.20. The molecular formula is C12H13N5O6. The molecule has 0 aliphatic carbocycles. The summed E-state index contributed by atoms with van der Waals surface area (Å²) in [6, 6.07) is 3.37. The first-order valence-corrected chi connectivity index (χ1v) is 6.51. The molecule has 23 heavy (non-hydrogen) atoms. The summed E-state index contributed by atoms with van der Waals surface area (Å²) < 4.78 is 9.96. The molecule has 2 aromatic rings. The molecular weight excluding hydrogens is 310 g/mol. The molecule has 1 heterocycles. The number of hydrogen-bond acceptors (Lipinski definition) is 9. The third kappa shape index (κ3) is 3.90. The van der Waals surface area contributed by atoms with Gasteiger partial charge in [-0.05, 0) is 25.1 Å². The molecule has 0 amide bonds. The van der Waals surface area contributed by atoms with Crippen molar-refractivity contribution in [2.24, 2.45) is 0 Å². The Morgan fingerprint density at radius 1 is 1.30 bits per heavy atom. The molecule has 1 atom stereocenters. The molecule has 0 fully saturated rings. The van der Waals surface area contributed by atoms with Crippen molar-refractivity contribution in [3.8, 4) is 5.88 Å². The Kier molecular flexibility index (Phi) is 4.69. The third-order valence-corrected chi connectivity index (χ3v) is 2.89. The Morgan fingerprint density at radius 3 is 2.61 bits per heavy atom. The lowest BCUT2D eigenvalue weighted by Gasteiger charge is -2.14. The molecule has 0 radical (unpaired) electrons. The maximum absolute atomic E-state index is 11.0. The fraction of sp³-hybridized carbons (Fsp3) is 0.333. The van der Waals surface area contributed by atoms with Gasteiger partial charge in [-0.1, -0.05) is 5.16 Å². The first kappa shape index (κ1) is 16.1. The number of non-ortho nitro benzene ring substituents is 1. The summed E-state index contributed by atoms with van der Waals surface area (Å²) in [6.07, 6.45) is -0.393. The molecule has 0 saturated heterocycles. The Hall–Kier alpha value is -3.24. The minimum Gasteiger partial charge on any atom is -0.469 e. The van der Waals surface area contributed by atoms with E-state index in [1.165, 1.54) is 12.1 Å². The van der Waals surface area contributed by atoms with Crippen LogP contribution in [0.1, 0.15) is 12.6 Å². The van der Waals surface area contributed by atoms with E-state index in [0.717, 1.165) is 6.07 Å². The lowest BCUT2D eigenvalue weighted by Crippen LogP contribution is -2.23. The highest BCUT2D eigenvalue weighted by Crippen LogP contribution is 2.29. The van der Waals surface area contributed by atoms with Crippen molar-refractivity contribution < 1.29 is 19.2 Å². The summed E-state index contributed by atoms with van der Waals surface area (Å²) >= 11 is 0. The van der Waals surface area contributed by atoms with Gasteiger partial charge in [-0.15, -0.1) is 0 Å². The third-order valence-electron chi connectivity index (χ3n) is 2.89. The van der Waals surface area contributed by atoms with Crippen LogP contribution in [0.3, 0.4) is 0 Å². The zero-order valence-electron chi connectivity index (χ0n) is 12.3. The largest absolute Gasteiger partial charge is 0.469 e. The van der Waals surface area contributed by atoms with Crippen molar-refractivity contribution in [1.29, 1.82) is 0 Å². The normalized spacial score (nSPS) is 11.7. The molecule has 0 bridgehead atoms. The van der Waals surface area contributed by atoms with E-state index in [1.54, 1.807) is 13.8 Å². The van der Waals surface area contributed by atoms with Crippen LogP contribution in [0.25, 0.3) is 0 Å². The number of hydrogen-bond donors (Lipinski definition) is 1. The average molecular weight is 323 g/mol. The highest BCUT2D eigenvalue weighted by molar-refractivity contribution is 5.65. The molecule has 122 valence electrons. The van der Waals surface area contributed by atoms with Crippen molar-refractivity contribution in [3.63, 3.8) is 0 Å². The summed E-state index contributed by atoms with van der Waals surface area (Å²) in [5.41, 5.74) is -0.0919. The maximum Gasteiger partial charge on any atom is 0.299 e. The van der Waals surface area contributed by atoms with Crippen LogP contribution in [-0.4, -0.2) is 32.8 Å². The van der Waals surface area contributed by atoms with Crippen LogP contribution < -0.4 is 10.1 Å². The second kappa shape index (κ2) is 6.68. The molecule has 1 aromatic heterocycles. The van der Waals surface area contributed by atoms with Crippen molar-refractivity contribution in [2.75, 3.05) is 11.9 Å². The topological polar surface area (TPSA) is 146 Å². The van der Waals surface area contributed by atoms with Gasteiger partial charge >= 0.3 is 0 Å². The lowest BCUT2D eigenvalue weighted by molar-refractivity contribution is -0.393. The van der Waals surface area contributed by atoms with Crippen LogP contribution in [0.15, 0.2) is 22.8 Å². The van der Waals surface area contributed by atoms with Crippen molar-refractivity contribution in [1.82, 2.24) is 10.3 Å². The number of nitro groups is 2. The van der Waals surface area contributed by atoms with Gasteiger partial charge in [-0.3, -0.25) is 20.2 Å². The number of benzene rings is 1. The molecule has 1 N–H and O–H groups in total. The number of aryl methyl sites for hydroxylation is 1. The van der Waals surface area contributed by atoms with Crippen LogP contribution in [-0.2, 0) is 0 Å². The van der Waals surface area contributed by atoms with Crippen LogP contribution in [0, 0.1) is 27.2 Å². The van der Waals surface area contributed by atoms with E-state index < -0.39 is 16.0 Å². The van der Waals surface area contributed by atoms with Crippen LogP contribution in [0.4, 0.5) is 17.1 Å². The summed E-state index contributed by atoms with van der Waals surface area (Å²) in [4.78, 5) is 20.3. The fourth-order valence-corrected chi connectivity index (χ4v) is 1.75. The Labute approximate surface area is 129 Å². The summed E-state index contributed by atoms with van der Waals surface area (Å²) in [5, 5.41) is 31.7. The molecule has 0 spiro atoms. The molecule has 0 saturated carbocycles. The van der Waals surface area contributed by atoms with E-state index in [1.807, 2.05) is 0 Å². The van der Waals surface area contributed by atoms with Crippen LogP contribution >= 0.6 is 0 Å². The molecule has 11 heteroatoms. The summed E-state index contributed by atoms with van der Waals surface area (Å²) in [7, 11) is 0. The summed E-state index contributed by atoms with van der Waals surface area (Å²) in [6.45, 7) is 3.59. The van der Waals surface area contributed by atoms with Gasteiger partial charge in [0.15, 0.2) is 0 Å². The molecule has 2 rings (SSSR count). The van der Waals surface area contributed by atoms with Gasteiger partial charge in [-0.25, -0.2) is 4.63 Å². The Bertz CT molecular complexity index is 730. The van der Waals surface area contributed by atoms with E-state index in [9.17, 15) is 20.2 Å². The predicted molar refractivity (Wildman–Crippen MR) is 77.4 cm³/mol. The van der Waals surface area contributed by atoms with Crippen molar-refractivity contribution in [2.45, 2.75) is 20.0 Å². The van der Waals surface area contributed by atoms with Crippen molar-refractivity contribution in [3.05, 3.63) is 44.1 Å². The van der Waals surface area contributed by atoms with Gasteiger partial charge in [0.05, 0.1) is 22.5 Å². The van der Waals surface area contributed by atoms with Gasteiger partial charge in [0.2, 0.25) is 0 Å². The standard InChI is InChI=1S/C12H13N5O6/c1-7(22-12-8(2)14-23-15-12)6-13-10-4-3-9(16(18)19)5-11(10)17(20)21/h3-5,7,13H,6H2,1-2H3. The SMILES string of the molecule is Cc1nonc1OC(C)CNc1ccc([N+](=O)[O-])cc1[N+](=O)[O-]. The molecule has 0 aliphatic rings. The maximum atomic E-state index is 11.0. The average Bonchev–Trinajstić information content (AvgIpc) is 2.90. The van der Waals surface area contributed by atoms with Crippen LogP contribution in [0.5, 0.6) is 5.88 Å². The first-order chi connectivity index (χ1) is 10.9. The number of nitrogens with zero attached hydrogens (tertiary/aromatic N) is 4. The summed E-state index contributed by atoms with van der Waals surface area (Å²) in [5.74, 6) is 0.234. The van der Waals surface area contributed by atoms with E-state index in [0.29, 0.717) is 5.69 Å². The number of anilines is 1. The fourth-order valence-electron chi connectivity index (χ4n) is 1.75. The molecule has 1 aromatic carbocycles.